The van der Waals surface area contributed by atoms with E-state index >= 15 is 0 Å². The summed E-state index contributed by atoms with van der Waals surface area (Å²) >= 11 is 11.3. The van der Waals surface area contributed by atoms with Gasteiger partial charge in [-0.3, -0.25) is 0 Å². The summed E-state index contributed by atoms with van der Waals surface area (Å²) in [5.41, 5.74) is 1.27. The third-order valence-corrected chi connectivity index (χ3v) is 4.64. The van der Waals surface area contributed by atoms with Crippen LogP contribution in [-0.4, -0.2) is 6.04 Å². The van der Waals surface area contributed by atoms with E-state index in [1.807, 2.05) is 12.1 Å². The topological polar surface area (TPSA) is 12.0 Å². The molecule has 20 heavy (non-hydrogen) atoms. The lowest BCUT2D eigenvalue weighted by atomic mass is 10.2. The Morgan fingerprint density at radius 3 is 2.50 bits per heavy atom. The summed E-state index contributed by atoms with van der Waals surface area (Å²) in [5.74, 6) is 0. The van der Waals surface area contributed by atoms with Gasteiger partial charge in [-0.1, -0.05) is 59.2 Å². The molecule has 0 aliphatic heterocycles. The van der Waals surface area contributed by atoms with E-state index in [0.717, 1.165) is 16.0 Å². The number of rotatable bonds is 5. The van der Waals surface area contributed by atoms with Gasteiger partial charge < -0.3 is 5.32 Å². The second-order valence-corrected chi connectivity index (χ2v) is 7.31. The fourth-order valence-corrected chi connectivity index (χ4v) is 3.20. The Balaban J connectivity index is 2.20. The van der Waals surface area contributed by atoms with Gasteiger partial charge in [0.15, 0.2) is 0 Å². The van der Waals surface area contributed by atoms with Gasteiger partial charge >= 0.3 is 0 Å². The van der Waals surface area contributed by atoms with Gasteiger partial charge in [0.25, 0.3) is 0 Å². The van der Waals surface area contributed by atoms with E-state index in [0.29, 0.717) is 6.04 Å². The zero-order chi connectivity index (χ0) is 14.5. The zero-order valence-corrected chi connectivity index (χ0v) is 14.6. The first-order chi connectivity index (χ1) is 9.54. The van der Waals surface area contributed by atoms with Crippen LogP contribution in [0.25, 0.3) is 0 Å². The summed E-state index contributed by atoms with van der Waals surface area (Å²) in [5, 5.41) is 4.23. The molecule has 0 saturated heterocycles. The Hall–Kier alpha value is -0.480. The van der Waals surface area contributed by atoms with E-state index in [-0.39, 0.29) is 0 Å². The van der Waals surface area contributed by atoms with Crippen LogP contribution in [0.3, 0.4) is 0 Å². The summed E-state index contributed by atoms with van der Waals surface area (Å²) in [4.78, 5) is 2.41. The molecule has 106 valence electrons. The second-order valence-electron chi connectivity index (χ2n) is 4.84. The lowest BCUT2D eigenvalue weighted by Crippen LogP contribution is -2.22. The molecular formula is C16H17BrClNS. The van der Waals surface area contributed by atoms with E-state index in [4.69, 9.17) is 11.6 Å². The number of hydrogen-bond acceptors (Lipinski definition) is 2. The molecule has 0 aromatic heterocycles. The molecule has 0 unspecified atom stereocenters. The average molecular weight is 371 g/mol. The van der Waals surface area contributed by atoms with Crippen LogP contribution in [0.4, 0.5) is 0 Å². The summed E-state index contributed by atoms with van der Waals surface area (Å²) < 4.78 is 1.09. The van der Waals surface area contributed by atoms with Crippen LogP contribution < -0.4 is 5.32 Å². The normalized spacial score (nSPS) is 11.1. The first-order valence-corrected chi connectivity index (χ1v) is 8.48. The molecule has 1 nitrogen and oxygen atoms in total. The number of nitrogens with one attached hydrogen (secondary N) is 1. The molecule has 1 N–H and O–H groups in total. The maximum atomic E-state index is 6.13. The van der Waals surface area contributed by atoms with Crippen LogP contribution in [0, 0.1) is 0 Å². The lowest BCUT2D eigenvalue weighted by molar-refractivity contribution is 0.585. The van der Waals surface area contributed by atoms with Crippen molar-refractivity contribution in [3.8, 4) is 0 Å². The van der Waals surface area contributed by atoms with Crippen molar-refractivity contribution in [1.29, 1.82) is 0 Å². The third-order valence-electron chi connectivity index (χ3n) is 2.77. The van der Waals surface area contributed by atoms with E-state index in [9.17, 15) is 0 Å². The Kier molecular flexibility index (Phi) is 5.97. The van der Waals surface area contributed by atoms with Gasteiger partial charge in [0.05, 0.1) is 0 Å². The quantitative estimate of drug-likeness (QED) is 0.719. The maximum Gasteiger partial charge on any atom is 0.0417 e. The smallest absolute Gasteiger partial charge is 0.0417 e. The Morgan fingerprint density at radius 1 is 1.15 bits per heavy atom. The van der Waals surface area contributed by atoms with Gasteiger partial charge in [0.1, 0.15) is 0 Å². The highest BCUT2D eigenvalue weighted by Gasteiger charge is 2.06. The summed E-state index contributed by atoms with van der Waals surface area (Å²) in [6.07, 6.45) is 0. The van der Waals surface area contributed by atoms with Gasteiger partial charge in [-0.25, -0.2) is 0 Å². The molecule has 0 aliphatic carbocycles. The van der Waals surface area contributed by atoms with Crippen LogP contribution in [0.2, 0.25) is 5.02 Å². The van der Waals surface area contributed by atoms with Crippen molar-refractivity contribution in [2.75, 3.05) is 0 Å². The molecule has 0 amide bonds. The van der Waals surface area contributed by atoms with Gasteiger partial charge in [0.2, 0.25) is 0 Å². The molecule has 0 atom stereocenters. The lowest BCUT2D eigenvalue weighted by Gasteiger charge is -2.13. The van der Waals surface area contributed by atoms with Crippen LogP contribution >= 0.6 is 39.3 Å². The average Bonchev–Trinajstić information content (AvgIpc) is 2.40. The molecule has 4 heteroatoms. The molecule has 0 aliphatic rings. The van der Waals surface area contributed by atoms with Gasteiger partial charge in [-0.05, 0) is 42.0 Å². The molecule has 0 spiro atoms. The standard InChI is InChI=1S/C16H17BrClNS/c1-11(2)19-10-12-3-6-14(18)9-16(12)20-15-7-4-13(17)5-8-15/h3-9,11,19H,10H2,1-2H3. The highest BCUT2D eigenvalue weighted by Crippen LogP contribution is 2.33. The number of halogens is 2. The summed E-state index contributed by atoms with van der Waals surface area (Å²) in [6.45, 7) is 5.16. The molecule has 2 aromatic rings. The predicted octanol–water partition coefficient (Wildman–Crippen LogP) is 5.75. The first-order valence-electron chi connectivity index (χ1n) is 6.50. The maximum absolute atomic E-state index is 6.13. The Labute approximate surface area is 138 Å². The van der Waals surface area contributed by atoms with Gasteiger partial charge in [0, 0.05) is 31.9 Å². The predicted molar refractivity (Wildman–Crippen MR) is 91.7 cm³/mol. The van der Waals surface area contributed by atoms with Crippen LogP contribution in [0.15, 0.2) is 56.7 Å². The van der Waals surface area contributed by atoms with E-state index in [1.165, 1.54) is 15.4 Å². The van der Waals surface area contributed by atoms with Gasteiger partial charge in [-0.15, -0.1) is 0 Å². The van der Waals surface area contributed by atoms with Crippen LogP contribution in [0.1, 0.15) is 19.4 Å². The van der Waals surface area contributed by atoms with Gasteiger partial charge in [-0.2, -0.15) is 0 Å². The van der Waals surface area contributed by atoms with E-state index in [2.05, 4.69) is 65.4 Å². The van der Waals surface area contributed by atoms with Crippen molar-refractivity contribution in [2.45, 2.75) is 36.2 Å². The second kappa shape index (κ2) is 7.51. The fraction of sp³-hybridized carbons (Fsp3) is 0.250. The van der Waals surface area contributed by atoms with Crippen molar-refractivity contribution >= 4 is 39.3 Å². The van der Waals surface area contributed by atoms with Crippen LogP contribution in [-0.2, 0) is 6.54 Å². The first kappa shape index (κ1) is 15.9. The minimum absolute atomic E-state index is 0.469. The molecule has 0 fully saturated rings. The third kappa shape index (κ3) is 4.81. The zero-order valence-electron chi connectivity index (χ0n) is 11.5. The molecule has 2 aromatic carbocycles. The minimum atomic E-state index is 0.469. The van der Waals surface area contributed by atoms with Crippen molar-refractivity contribution in [2.24, 2.45) is 0 Å². The van der Waals surface area contributed by atoms with Crippen molar-refractivity contribution in [3.63, 3.8) is 0 Å². The SMILES string of the molecule is CC(C)NCc1ccc(Cl)cc1Sc1ccc(Br)cc1. The molecule has 2 rings (SSSR count). The van der Waals surface area contributed by atoms with Crippen molar-refractivity contribution in [1.82, 2.24) is 5.32 Å². The summed E-state index contributed by atoms with van der Waals surface area (Å²) in [6, 6.07) is 14.9. The fourth-order valence-electron chi connectivity index (χ4n) is 1.71. The van der Waals surface area contributed by atoms with Crippen LogP contribution in [0.5, 0.6) is 0 Å². The molecule has 0 heterocycles. The monoisotopic (exact) mass is 369 g/mol. The van der Waals surface area contributed by atoms with E-state index < -0.39 is 0 Å². The Bertz CT molecular complexity index is 569. The molecule has 0 saturated carbocycles. The molecular weight excluding hydrogens is 354 g/mol. The molecule has 0 bridgehead atoms. The number of hydrogen-bond donors (Lipinski definition) is 1. The number of benzene rings is 2. The van der Waals surface area contributed by atoms with E-state index in [1.54, 1.807) is 11.8 Å². The molecule has 0 radical (unpaired) electrons. The summed E-state index contributed by atoms with van der Waals surface area (Å²) in [7, 11) is 0. The Morgan fingerprint density at radius 2 is 1.85 bits per heavy atom. The highest BCUT2D eigenvalue weighted by molar-refractivity contribution is 9.10. The minimum Gasteiger partial charge on any atom is -0.310 e. The van der Waals surface area contributed by atoms with Crippen molar-refractivity contribution < 1.29 is 0 Å². The van der Waals surface area contributed by atoms with Crippen molar-refractivity contribution in [3.05, 3.63) is 57.5 Å². The largest absolute Gasteiger partial charge is 0.310 e. The highest BCUT2D eigenvalue weighted by atomic mass is 79.9.